The highest BCUT2D eigenvalue weighted by atomic mass is 16.4. The first-order valence-corrected chi connectivity index (χ1v) is 18.1. The zero-order valence-electron chi connectivity index (χ0n) is 29.4. The second-order valence-corrected chi connectivity index (χ2v) is 14.3. The number of hydrogen-bond donors (Lipinski definition) is 8. The molecule has 8 nitrogen and oxygen atoms in total. The minimum atomic E-state index is -1.01. The molecule has 0 radical (unpaired) electrons. The smallest absolute Gasteiger partial charge is 0.204 e. The van der Waals surface area contributed by atoms with E-state index in [1.54, 1.807) is 6.07 Å². The van der Waals surface area contributed by atoms with Gasteiger partial charge in [-0.05, 0) is 55.3 Å². The van der Waals surface area contributed by atoms with E-state index in [0.717, 1.165) is 38.8 Å². The quantitative estimate of drug-likeness (QED) is 0.0505. The topological polar surface area (TPSA) is 162 Å². The lowest BCUT2D eigenvalue weighted by Gasteiger charge is -2.37. The van der Waals surface area contributed by atoms with E-state index in [0.29, 0.717) is 16.5 Å². The second kappa shape index (κ2) is 12.0. The summed E-state index contributed by atoms with van der Waals surface area (Å²) < 4.78 is 0. The Labute approximate surface area is 319 Å². The van der Waals surface area contributed by atoms with Crippen molar-refractivity contribution in [3.05, 3.63) is 155 Å². The molecule has 2 atom stereocenters. The van der Waals surface area contributed by atoms with Gasteiger partial charge in [-0.25, -0.2) is 0 Å². The van der Waals surface area contributed by atoms with Crippen molar-refractivity contribution in [1.29, 1.82) is 0 Å². The molecule has 0 aromatic heterocycles. The van der Waals surface area contributed by atoms with Gasteiger partial charge in [0.15, 0.2) is 23.0 Å². The molecule has 2 unspecified atom stereocenters. The summed E-state index contributed by atoms with van der Waals surface area (Å²) in [4.78, 5) is 0. The van der Waals surface area contributed by atoms with Crippen molar-refractivity contribution in [1.82, 2.24) is 0 Å². The molecule has 272 valence electrons. The van der Waals surface area contributed by atoms with E-state index in [2.05, 4.69) is 12.1 Å². The molecular formula is C48H32O8. The van der Waals surface area contributed by atoms with Gasteiger partial charge in [0, 0.05) is 44.5 Å². The van der Waals surface area contributed by atoms with Gasteiger partial charge >= 0.3 is 0 Å². The standard InChI is InChI=1S/C48H32O8/c49-41-37-35(32-21-20-26(23-10-2-1-3-11-23)28-14-6-7-15-29(28)32)38-40(44(52)48(56)46(54)42(38)50)36(39(37)43(51)47(55)45(41)53)33-22-25-19-18-24-12-4-5-13-27(24)34(25)31-17-9-8-16-30(31)33/h1-22,31,34,49-56H. The lowest BCUT2D eigenvalue weighted by Crippen LogP contribution is -2.22. The van der Waals surface area contributed by atoms with Gasteiger partial charge in [0.2, 0.25) is 23.0 Å². The Morgan fingerprint density at radius 1 is 0.429 bits per heavy atom. The van der Waals surface area contributed by atoms with Crippen LogP contribution in [0.3, 0.4) is 0 Å². The van der Waals surface area contributed by atoms with Crippen LogP contribution in [0.5, 0.6) is 46.0 Å². The van der Waals surface area contributed by atoms with Gasteiger partial charge in [-0.2, -0.15) is 0 Å². The van der Waals surface area contributed by atoms with Crippen LogP contribution >= 0.6 is 0 Å². The molecule has 0 aliphatic heterocycles. The summed E-state index contributed by atoms with van der Waals surface area (Å²) >= 11 is 0. The van der Waals surface area contributed by atoms with Crippen LogP contribution in [0, 0.1) is 5.92 Å². The normalized spacial score (nSPS) is 17.0. The first-order valence-electron chi connectivity index (χ1n) is 18.1. The SMILES string of the molecule is Oc1c(O)c(O)c2c(-c3ccc(-c4ccccc4)c4ccccc34)c3c(O)c(O)c(O)c(O)c3c(C3=C4C=CC=CC4C4C(=C3)C=Cc3ccccc34)c2c1O. The zero-order valence-corrected chi connectivity index (χ0v) is 29.4. The molecule has 8 heteroatoms. The Morgan fingerprint density at radius 2 is 0.964 bits per heavy atom. The van der Waals surface area contributed by atoms with E-state index >= 15 is 0 Å². The third-order valence-electron chi connectivity index (χ3n) is 11.5. The number of fused-ring (bicyclic) bond motifs is 8. The van der Waals surface area contributed by atoms with Gasteiger partial charge < -0.3 is 40.9 Å². The van der Waals surface area contributed by atoms with Crippen LogP contribution in [0.1, 0.15) is 22.6 Å². The first-order chi connectivity index (χ1) is 27.2. The van der Waals surface area contributed by atoms with Gasteiger partial charge in [0.05, 0.1) is 0 Å². The molecule has 3 aliphatic carbocycles. The first kappa shape index (κ1) is 33.0. The van der Waals surface area contributed by atoms with Crippen LogP contribution in [-0.4, -0.2) is 40.9 Å². The number of aromatic hydroxyl groups is 8. The van der Waals surface area contributed by atoms with Crippen LogP contribution in [0.2, 0.25) is 0 Å². The van der Waals surface area contributed by atoms with Gasteiger partial charge in [0.1, 0.15) is 0 Å². The van der Waals surface area contributed by atoms with Crippen LogP contribution in [0.4, 0.5) is 0 Å². The zero-order chi connectivity index (χ0) is 38.6. The van der Waals surface area contributed by atoms with Crippen molar-refractivity contribution in [2.24, 2.45) is 5.92 Å². The van der Waals surface area contributed by atoms with Crippen molar-refractivity contribution >= 4 is 44.0 Å². The summed E-state index contributed by atoms with van der Waals surface area (Å²) in [5.41, 5.74) is 6.46. The van der Waals surface area contributed by atoms with Crippen molar-refractivity contribution in [3.8, 4) is 68.2 Å². The Bertz CT molecular complexity index is 2980. The van der Waals surface area contributed by atoms with E-state index in [1.807, 2.05) is 115 Å². The number of rotatable bonds is 3. The van der Waals surface area contributed by atoms with Crippen molar-refractivity contribution in [2.45, 2.75) is 5.92 Å². The highest BCUT2D eigenvalue weighted by molar-refractivity contribution is 6.29. The third-order valence-corrected chi connectivity index (χ3v) is 11.5. The maximum absolute atomic E-state index is 12.0. The Hall–Kier alpha value is -7.58. The van der Waals surface area contributed by atoms with Crippen LogP contribution in [-0.2, 0) is 0 Å². The molecule has 8 N–H and O–H groups in total. The Morgan fingerprint density at radius 3 is 1.61 bits per heavy atom. The van der Waals surface area contributed by atoms with E-state index in [1.165, 1.54) is 0 Å². The summed E-state index contributed by atoms with van der Waals surface area (Å²) in [5, 5.41) is 93.4. The molecule has 0 heterocycles. The average molecular weight is 737 g/mol. The molecule has 7 aromatic carbocycles. The monoisotopic (exact) mass is 736 g/mol. The maximum Gasteiger partial charge on any atom is 0.204 e. The highest BCUT2D eigenvalue weighted by Gasteiger charge is 2.39. The fraction of sp³-hybridized carbons (Fsp3) is 0.0417. The largest absolute Gasteiger partial charge is 0.504 e. The summed E-state index contributed by atoms with van der Waals surface area (Å²) in [6, 6.07) is 28.8. The van der Waals surface area contributed by atoms with E-state index < -0.39 is 46.0 Å². The molecule has 0 fully saturated rings. The van der Waals surface area contributed by atoms with Crippen LogP contribution in [0.15, 0.2) is 139 Å². The molecule has 3 aliphatic rings. The fourth-order valence-corrected chi connectivity index (χ4v) is 9.08. The number of phenols is 8. The summed E-state index contributed by atoms with van der Waals surface area (Å²) in [6.45, 7) is 0. The van der Waals surface area contributed by atoms with Crippen LogP contribution in [0.25, 0.3) is 66.2 Å². The Balaban J connectivity index is 1.42. The predicted octanol–water partition coefficient (Wildman–Crippen LogP) is 10.4. The predicted molar refractivity (Wildman–Crippen MR) is 218 cm³/mol. The van der Waals surface area contributed by atoms with Crippen molar-refractivity contribution in [2.75, 3.05) is 0 Å². The van der Waals surface area contributed by atoms with E-state index in [4.69, 9.17) is 0 Å². The van der Waals surface area contributed by atoms with Crippen LogP contribution < -0.4 is 0 Å². The molecule has 0 saturated carbocycles. The number of benzene rings is 7. The van der Waals surface area contributed by atoms with Gasteiger partial charge in [0.25, 0.3) is 0 Å². The molecule has 0 spiro atoms. The molecule has 56 heavy (non-hydrogen) atoms. The summed E-state index contributed by atoms with van der Waals surface area (Å²) in [7, 11) is 0. The fourth-order valence-electron chi connectivity index (χ4n) is 9.08. The van der Waals surface area contributed by atoms with Gasteiger partial charge in [-0.1, -0.05) is 134 Å². The maximum atomic E-state index is 12.0. The van der Waals surface area contributed by atoms with Crippen molar-refractivity contribution in [3.63, 3.8) is 0 Å². The van der Waals surface area contributed by atoms with Crippen molar-refractivity contribution < 1.29 is 40.9 Å². The molecular weight excluding hydrogens is 705 g/mol. The minimum absolute atomic E-state index is 0.00909. The van der Waals surface area contributed by atoms with E-state index in [9.17, 15) is 40.9 Å². The molecule has 7 aromatic rings. The lowest BCUT2D eigenvalue weighted by molar-refractivity contribution is 0.350. The third kappa shape index (κ3) is 4.41. The minimum Gasteiger partial charge on any atom is -0.504 e. The molecule has 0 saturated heterocycles. The average Bonchev–Trinajstić information content (AvgIpc) is 3.24. The van der Waals surface area contributed by atoms with Gasteiger partial charge in [-0.15, -0.1) is 0 Å². The molecule has 10 rings (SSSR count). The molecule has 0 bridgehead atoms. The number of phenolic OH excluding ortho intramolecular Hbond substituents is 8. The Kier molecular flexibility index (Phi) is 7.05. The second-order valence-electron chi connectivity index (χ2n) is 14.3. The molecule has 0 amide bonds. The highest BCUT2D eigenvalue weighted by Crippen LogP contribution is 2.63. The van der Waals surface area contributed by atoms with Gasteiger partial charge in [-0.3, -0.25) is 0 Å². The summed E-state index contributed by atoms with van der Waals surface area (Å²) in [5.74, 6) is -7.66. The number of hydrogen-bond acceptors (Lipinski definition) is 8. The van der Waals surface area contributed by atoms with E-state index in [-0.39, 0.29) is 44.5 Å². The lowest BCUT2D eigenvalue weighted by atomic mass is 9.66. The number of allylic oxidation sites excluding steroid dienone is 9. The summed E-state index contributed by atoms with van der Waals surface area (Å²) in [6.07, 6.45) is 13.7.